The fourth-order valence-electron chi connectivity index (χ4n) is 3.36. The van der Waals surface area contributed by atoms with Crippen LogP contribution in [0.4, 0.5) is 0 Å². The minimum Gasteiger partial charge on any atom is -0.463 e. The lowest BCUT2D eigenvalue weighted by atomic mass is 9.84. The van der Waals surface area contributed by atoms with Gasteiger partial charge in [0.15, 0.2) is 12.2 Å². The molecular formula is C20H24O10S. The zero-order valence-corrected chi connectivity index (χ0v) is 18.3. The van der Waals surface area contributed by atoms with Crippen LogP contribution in [-0.2, 0) is 42.9 Å². The molecule has 1 saturated heterocycles. The maximum atomic E-state index is 11.8. The van der Waals surface area contributed by atoms with Gasteiger partial charge in [0.2, 0.25) is 11.9 Å². The number of rotatable bonds is 6. The summed E-state index contributed by atoms with van der Waals surface area (Å²) in [6.07, 6.45) is -0.608. The molecule has 0 saturated carbocycles. The van der Waals surface area contributed by atoms with Gasteiger partial charge < -0.3 is 28.8 Å². The first kappa shape index (κ1) is 24.6. The van der Waals surface area contributed by atoms with E-state index in [1.807, 2.05) is 0 Å². The van der Waals surface area contributed by atoms with E-state index in [2.05, 4.69) is 0 Å². The summed E-state index contributed by atoms with van der Waals surface area (Å²) < 4.78 is 26.7. The number of hydrogen-bond donors (Lipinski definition) is 1. The molecule has 2 aliphatic rings. The Morgan fingerprint density at radius 2 is 1.61 bits per heavy atom. The molecule has 1 heterocycles. The van der Waals surface area contributed by atoms with Crippen molar-refractivity contribution in [1.29, 1.82) is 0 Å². The van der Waals surface area contributed by atoms with E-state index in [1.165, 1.54) is 6.08 Å². The summed E-state index contributed by atoms with van der Waals surface area (Å²) in [5.41, 5.74) is 0.0995. The maximum absolute atomic E-state index is 11.8. The van der Waals surface area contributed by atoms with Crippen LogP contribution >= 0.6 is 12.2 Å². The second-order valence-electron chi connectivity index (χ2n) is 6.97. The molecule has 0 radical (unpaired) electrons. The summed E-state index contributed by atoms with van der Waals surface area (Å²) in [4.78, 5) is 47.1. The fourth-order valence-corrected chi connectivity index (χ4v) is 3.67. The van der Waals surface area contributed by atoms with Crippen molar-refractivity contribution in [3.8, 4) is 0 Å². The van der Waals surface area contributed by atoms with E-state index in [1.54, 1.807) is 12.2 Å². The van der Waals surface area contributed by atoms with E-state index >= 15 is 0 Å². The van der Waals surface area contributed by atoms with E-state index in [0.29, 0.717) is 11.3 Å². The van der Waals surface area contributed by atoms with E-state index in [0.717, 1.165) is 27.7 Å². The highest BCUT2D eigenvalue weighted by molar-refractivity contribution is 7.80. The molecule has 1 fully saturated rings. The van der Waals surface area contributed by atoms with Crippen molar-refractivity contribution in [3.05, 3.63) is 23.8 Å². The predicted octanol–water partition coefficient (Wildman–Crippen LogP) is 0.688. The van der Waals surface area contributed by atoms with E-state index in [4.69, 9.17) is 35.9 Å². The lowest BCUT2D eigenvalue weighted by Crippen LogP contribution is -2.69. The van der Waals surface area contributed by atoms with Gasteiger partial charge in [-0.2, -0.15) is 0 Å². The van der Waals surface area contributed by atoms with Crippen LogP contribution in [0, 0.1) is 0 Å². The molecule has 2 rings (SSSR count). The Morgan fingerprint density at radius 1 is 1.03 bits per heavy atom. The van der Waals surface area contributed by atoms with Gasteiger partial charge in [-0.25, -0.2) is 0 Å². The highest BCUT2D eigenvalue weighted by atomic mass is 32.1. The van der Waals surface area contributed by atoms with E-state index in [9.17, 15) is 24.3 Å². The number of allylic oxidation sites excluding steroid dienone is 3. The average Bonchev–Trinajstić information content (AvgIpc) is 2.65. The third kappa shape index (κ3) is 5.96. The summed E-state index contributed by atoms with van der Waals surface area (Å²) in [6.45, 7) is 4.00. The summed E-state index contributed by atoms with van der Waals surface area (Å²) in [5, 5.41) is 11.6. The SMILES string of the molecule is CC(=O)OC[C@H]1O[C@](O)(C2=CC=CCC2=S)[C@H](OC(C)=O)[C@@H](OC(C)=O)[C@H]1OC(C)=O. The molecule has 0 amide bonds. The fraction of sp³-hybridized carbons (Fsp3) is 0.550. The van der Waals surface area contributed by atoms with Crippen molar-refractivity contribution in [2.45, 2.75) is 64.3 Å². The van der Waals surface area contributed by atoms with Gasteiger partial charge in [-0.3, -0.25) is 19.2 Å². The number of carbonyl (C=O) groups is 4. The highest BCUT2D eigenvalue weighted by Gasteiger charge is 2.61. The molecule has 0 bridgehead atoms. The number of ether oxygens (including phenoxy) is 5. The number of hydrogen-bond acceptors (Lipinski definition) is 11. The van der Waals surface area contributed by atoms with Gasteiger partial charge in [0.05, 0.1) is 0 Å². The third-order valence-corrected chi connectivity index (χ3v) is 4.83. The minimum atomic E-state index is -2.38. The van der Waals surface area contributed by atoms with Gasteiger partial charge >= 0.3 is 23.9 Å². The zero-order chi connectivity index (χ0) is 23.3. The highest BCUT2D eigenvalue weighted by Crippen LogP contribution is 2.40. The van der Waals surface area contributed by atoms with Crippen LogP contribution in [-0.4, -0.2) is 70.7 Å². The Morgan fingerprint density at radius 3 is 2.13 bits per heavy atom. The van der Waals surface area contributed by atoms with Gasteiger partial charge in [0, 0.05) is 44.6 Å². The van der Waals surface area contributed by atoms with Crippen molar-refractivity contribution >= 4 is 41.0 Å². The third-order valence-electron chi connectivity index (χ3n) is 4.44. The predicted molar refractivity (Wildman–Crippen MR) is 108 cm³/mol. The van der Waals surface area contributed by atoms with Gasteiger partial charge in [-0.05, 0) is 0 Å². The minimum absolute atomic E-state index is 0.0995. The summed E-state index contributed by atoms with van der Waals surface area (Å²) in [5.74, 6) is -5.41. The van der Waals surface area contributed by atoms with Crippen molar-refractivity contribution in [3.63, 3.8) is 0 Å². The number of aliphatic hydroxyl groups is 1. The lowest BCUT2D eigenvalue weighted by Gasteiger charge is -2.49. The van der Waals surface area contributed by atoms with Crippen molar-refractivity contribution < 1.29 is 48.0 Å². The Bertz CT molecular complexity index is 832. The van der Waals surface area contributed by atoms with Gasteiger partial charge in [0.25, 0.3) is 0 Å². The molecule has 5 atom stereocenters. The zero-order valence-electron chi connectivity index (χ0n) is 17.5. The molecule has 10 nitrogen and oxygen atoms in total. The molecule has 1 N–H and O–H groups in total. The molecule has 0 unspecified atom stereocenters. The molecule has 0 aromatic heterocycles. The second kappa shape index (κ2) is 10.1. The topological polar surface area (TPSA) is 135 Å². The quantitative estimate of drug-likeness (QED) is 0.343. The number of esters is 4. The maximum Gasteiger partial charge on any atom is 0.303 e. The van der Waals surface area contributed by atoms with Crippen LogP contribution in [0.15, 0.2) is 23.8 Å². The van der Waals surface area contributed by atoms with Crippen molar-refractivity contribution in [2.24, 2.45) is 0 Å². The normalized spacial score (nSPS) is 30.1. The first-order valence-electron chi connectivity index (χ1n) is 9.41. The number of thiocarbonyl (C=S) groups is 1. The van der Waals surface area contributed by atoms with Crippen molar-refractivity contribution in [2.75, 3.05) is 6.61 Å². The number of carbonyl (C=O) groups excluding carboxylic acids is 4. The Labute approximate surface area is 184 Å². The Hall–Kier alpha value is -2.63. The monoisotopic (exact) mass is 456 g/mol. The molecule has 0 aromatic rings. The van der Waals surface area contributed by atoms with Gasteiger partial charge in [-0.15, -0.1) is 0 Å². The largest absolute Gasteiger partial charge is 0.463 e. The summed E-state index contributed by atoms with van der Waals surface area (Å²) in [6, 6.07) is 0. The van der Waals surface area contributed by atoms with E-state index in [-0.39, 0.29) is 5.57 Å². The smallest absolute Gasteiger partial charge is 0.303 e. The Balaban J connectivity index is 2.62. The molecule has 0 aromatic carbocycles. The molecule has 11 heteroatoms. The first-order valence-corrected chi connectivity index (χ1v) is 9.82. The van der Waals surface area contributed by atoms with Crippen LogP contribution in [0.3, 0.4) is 0 Å². The summed E-state index contributed by atoms with van der Waals surface area (Å²) in [7, 11) is 0. The summed E-state index contributed by atoms with van der Waals surface area (Å²) >= 11 is 5.34. The first-order chi connectivity index (χ1) is 14.5. The molecular weight excluding hydrogens is 432 g/mol. The molecule has 0 spiro atoms. The van der Waals surface area contributed by atoms with Crippen LogP contribution in [0.1, 0.15) is 34.1 Å². The molecule has 1 aliphatic heterocycles. The molecule has 1 aliphatic carbocycles. The standard InChI is InChI=1S/C20H24O10S/c1-10(21)26-9-15-17(27-11(2)22)18(28-12(3)23)19(29-13(4)24)20(25,30-15)14-7-5-6-8-16(14)31/h5-7,15,17-19,25H,8-9H2,1-4H3/t15-,17+,18+,19-,20-/m1/s1. The lowest BCUT2D eigenvalue weighted by molar-refractivity contribution is -0.334. The van der Waals surface area contributed by atoms with Crippen molar-refractivity contribution in [1.82, 2.24) is 0 Å². The van der Waals surface area contributed by atoms with Gasteiger partial charge in [0.1, 0.15) is 12.7 Å². The van der Waals surface area contributed by atoms with Crippen LogP contribution in [0.5, 0.6) is 0 Å². The average molecular weight is 456 g/mol. The van der Waals surface area contributed by atoms with Crippen LogP contribution < -0.4 is 0 Å². The second-order valence-corrected chi connectivity index (χ2v) is 7.46. The molecule has 170 valence electrons. The molecule has 31 heavy (non-hydrogen) atoms. The van der Waals surface area contributed by atoms with E-state index < -0.39 is 60.7 Å². The van der Waals surface area contributed by atoms with Crippen LogP contribution in [0.25, 0.3) is 0 Å². The van der Waals surface area contributed by atoms with Crippen LogP contribution in [0.2, 0.25) is 0 Å². The Kier molecular flexibility index (Phi) is 8.04. The van der Waals surface area contributed by atoms with Gasteiger partial charge in [-0.1, -0.05) is 30.4 Å².